The predicted molar refractivity (Wildman–Crippen MR) is 33.7 cm³/mol. The van der Waals surface area contributed by atoms with Crippen molar-refractivity contribution < 1.29 is 24.5 Å². The summed E-state index contributed by atoms with van der Waals surface area (Å²) in [7, 11) is 0. The van der Waals surface area contributed by atoms with E-state index in [9.17, 15) is 9.59 Å². The van der Waals surface area contributed by atoms with E-state index < -0.39 is 18.0 Å². The lowest BCUT2D eigenvalue weighted by Gasteiger charge is -2.06. The van der Waals surface area contributed by atoms with Gasteiger partial charge in [0.15, 0.2) is 0 Å². The minimum atomic E-state index is -1.67. The highest BCUT2D eigenvalue weighted by Gasteiger charge is 2.13. The standard InChI is InChI=1S/C5H9NO5/c6-3(1-7)2-11-5(10)4(8)9/h3,7H,1-2,6H2,(H,8,9)/t3-/m0/s1. The summed E-state index contributed by atoms with van der Waals surface area (Å²) in [4.78, 5) is 20.0. The molecule has 0 saturated carbocycles. The quantitative estimate of drug-likeness (QED) is 0.326. The summed E-state index contributed by atoms with van der Waals surface area (Å²) in [6.07, 6.45) is 0. The highest BCUT2D eigenvalue weighted by Crippen LogP contribution is 1.82. The van der Waals surface area contributed by atoms with Crippen LogP contribution in [-0.2, 0) is 14.3 Å². The van der Waals surface area contributed by atoms with Gasteiger partial charge in [0, 0.05) is 0 Å². The number of carbonyl (C=O) groups excluding carboxylic acids is 1. The Labute approximate surface area is 62.6 Å². The molecule has 11 heavy (non-hydrogen) atoms. The van der Waals surface area contributed by atoms with E-state index in [0.29, 0.717) is 0 Å². The van der Waals surface area contributed by atoms with Crippen molar-refractivity contribution in [3.05, 3.63) is 0 Å². The summed E-state index contributed by atoms with van der Waals surface area (Å²) < 4.78 is 4.13. The third-order valence-electron chi connectivity index (χ3n) is 0.838. The van der Waals surface area contributed by atoms with Gasteiger partial charge in [-0.3, -0.25) is 0 Å². The van der Waals surface area contributed by atoms with Crippen molar-refractivity contribution >= 4 is 11.9 Å². The molecule has 0 aliphatic carbocycles. The van der Waals surface area contributed by atoms with Gasteiger partial charge in [-0.15, -0.1) is 0 Å². The maximum Gasteiger partial charge on any atom is 0.417 e. The first-order valence-electron chi connectivity index (χ1n) is 2.84. The molecule has 64 valence electrons. The Morgan fingerprint density at radius 2 is 2.09 bits per heavy atom. The molecule has 0 aromatic heterocycles. The maximum absolute atomic E-state index is 10.2. The molecule has 0 fully saturated rings. The third kappa shape index (κ3) is 4.29. The Bertz CT molecular complexity index is 157. The highest BCUT2D eigenvalue weighted by molar-refractivity contribution is 6.28. The van der Waals surface area contributed by atoms with Crippen LogP contribution in [0.15, 0.2) is 0 Å². The van der Waals surface area contributed by atoms with Crippen LogP contribution in [0.3, 0.4) is 0 Å². The number of rotatable bonds is 3. The van der Waals surface area contributed by atoms with E-state index in [0.717, 1.165) is 0 Å². The van der Waals surface area contributed by atoms with Crippen LogP contribution in [0.5, 0.6) is 0 Å². The number of nitrogens with two attached hydrogens (primary N) is 1. The van der Waals surface area contributed by atoms with Crippen molar-refractivity contribution in [3.63, 3.8) is 0 Å². The fourth-order valence-corrected chi connectivity index (χ4v) is 0.297. The number of ether oxygens (including phenoxy) is 1. The number of carboxylic acids is 1. The van der Waals surface area contributed by atoms with E-state index in [-0.39, 0.29) is 13.2 Å². The number of hydrogen-bond acceptors (Lipinski definition) is 5. The number of carboxylic acid groups (broad SMARTS) is 1. The van der Waals surface area contributed by atoms with Crippen LogP contribution >= 0.6 is 0 Å². The molecule has 0 amide bonds. The first kappa shape index (κ1) is 9.86. The topological polar surface area (TPSA) is 110 Å². The van der Waals surface area contributed by atoms with Crippen LogP contribution in [0.4, 0.5) is 0 Å². The molecule has 0 unspecified atom stereocenters. The molecule has 0 aliphatic rings. The van der Waals surface area contributed by atoms with E-state index in [1.807, 2.05) is 0 Å². The van der Waals surface area contributed by atoms with E-state index in [4.69, 9.17) is 15.9 Å². The van der Waals surface area contributed by atoms with Crippen molar-refractivity contribution in [2.45, 2.75) is 6.04 Å². The normalized spacial score (nSPS) is 12.2. The Hall–Kier alpha value is -1.14. The average molecular weight is 163 g/mol. The Morgan fingerprint density at radius 1 is 1.55 bits per heavy atom. The summed E-state index contributed by atoms with van der Waals surface area (Å²) in [5.74, 6) is -3.04. The van der Waals surface area contributed by atoms with Gasteiger partial charge < -0.3 is 20.7 Å². The molecule has 6 nitrogen and oxygen atoms in total. The third-order valence-corrected chi connectivity index (χ3v) is 0.838. The Balaban J connectivity index is 3.54. The summed E-state index contributed by atoms with van der Waals surface area (Å²) in [5.41, 5.74) is 5.10. The van der Waals surface area contributed by atoms with Crippen molar-refractivity contribution in [2.24, 2.45) is 5.73 Å². The van der Waals surface area contributed by atoms with Gasteiger partial charge in [0.2, 0.25) is 0 Å². The van der Waals surface area contributed by atoms with Gasteiger partial charge in [-0.05, 0) is 0 Å². The molecule has 0 aliphatic heterocycles. The average Bonchev–Trinajstić information content (AvgIpc) is 1.99. The molecule has 6 heteroatoms. The molecule has 0 aromatic rings. The molecule has 0 bridgehead atoms. The Morgan fingerprint density at radius 3 is 2.45 bits per heavy atom. The molecule has 4 N–H and O–H groups in total. The monoisotopic (exact) mass is 163 g/mol. The molecule has 0 spiro atoms. The van der Waals surface area contributed by atoms with Crippen molar-refractivity contribution in [3.8, 4) is 0 Å². The van der Waals surface area contributed by atoms with Crippen molar-refractivity contribution in [1.29, 1.82) is 0 Å². The first-order chi connectivity index (χ1) is 5.07. The zero-order valence-corrected chi connectivity index (χ0v) is 5.69. The van der Waals surface area contributed by atoms with Gasteiger partial charge in [0.1, 0.15) is 6.61 Å². The second-order valence-electron chi connectivity index (χ2n) is 1.85. The van der Waals surface area contributed by atoms with E-state index in [1.54, 1.807) is 0 Å². The van der Waals surface area contributed by atoms with Gasteiger partial charge >= 0.3 is 11.9 Å². The molecule has 0 rings (SSSR count). The maximum atomic E-state index is 10.2. The molecule has 0 saturated heterocycles. The van der Waals surface area contributed by atoms with Gasteiger partial charge in [-0.2, -0.15) is 0 Å². The summed E-state index contributed by atoms with van der Waals surface area (Å²) in [6, 6.07) is -0.724. The molecular formula is C5H9NO5. The second kappa shape index (κ2) is 4.64. The first-order valence-corrected chi connectivity index (χ1v) is 2.84. The molecule has 1 atom stereocenters. The van der Waals surface area contributed by atoms with Crippen LogP contribution < -0.4 is 5.73 Å². The lowest BCUT2D eigenvalue weighted by Crippen LogP contribution is -2.32. The zero-order valence-electron chi connectivity index (χ0n) is 5.69. The summed E-state index contributed by atoms with van der Waals surface area (Å²) in [5, 5.41) is 16.3. The zero-order chi connectivity index (χ0) is 8.85. The van der Waals surface area contributed by atoms with Crippen LogP contribution in [0.25, 0.3) is 0 Å². The van der Waals surface area contributed by atoms with Crippen molar-refractivity contribution in [2.75, 3.05) is 13.2 Å². The molecule has 0 radical (unpaired) electrons. The summed E-state index contributed by atoms with van der Waals surface area (Å²) >= 11 is 0. The van der Waals surface area contributed by atoms with Crippen LogP contribution in [0.2, 0.25) is 0 Å². The largest absolute Gasteiger partial charge is 0.473 e. The van der Waals surface area contributed by atoms with E-state index >= 15 is 0 Å². The van der Waals surface area contributed by atoms with Gasteiger partial charge in [-0.25, -0.2) is 9.59 Å². The van der Waals surface area contributed by atoms with Crippen molar-refractivity contribution in [1.82, 2.24) is 0 Å². The lowest BCUT2D eigenvalue weighted by atomic mass is 10.4. The Kier molecular flexibility index (Phi) is 4.16. The van der Waals surface area contributed by atoms with Gasteiger partial charge in [-0.1, -0.05) is 0 Å². The van der Waals surface area contributed by atoms with Crippen LogP contribution in [0.1, 0.15) is 0 Å². The SMILES string of the molecule is N[C@@H](CO)COC(=O)C(=O)O. The lowest BCUT2D eigenvalue weighted by molar-refractivity contribution is -0.164. The van der Waals surface area contributed by atoms with Crippen LogP contribution in [0, 0.1) is 0 Å². The molecule has 0 aromatic carbocycles. The number of carbonyl (C=O) groups is 2. The second-order valence-corrected chi connectivity index (χ2v) is 1.85. The summed E-state index contributed by atoms with van der Waals surface area (Å²) in [6.45, 7) is -0.644. The molecule has 0 heterocycles. The van der Waals surface area contributed by atoms with Gasteiger partial charge in [0.05, 0.1) is 12.6 Å². The minimum absolute atomic E-state index is 0.290. The van der Waals surface area contributed by atoms with E-state index in [1.165, 1.54) is 0 Å². The number of aliphatic carboxylic acids is 1. The fourth-order valence-electron chi connectivity index (χ4n) is 0.297. The van der Waals surface area contributed by atoms with Crippen LogP contribution in [-0.4, -0.2) is 41.4 Å². The smallest absolute Gasteiger partial charge is 0.417 e. The number of aliphatic hydroxyl groups is 1. The minimum Gasteiger partial charge on any atom is -0.473 e. The molecular weight excluding hydrogens is 154 g/mol. The fraction of sp³-hybridized carbons (Fsp3) is 0.600. The van der Waals surface area contributed by atoms with Gasteiger partial charge in [0.25, 0.3) is 0 Å². The number of esters is 1. The number of hydrogen-bond donors (Lipinski definition) is 3. The van der Waals surface area contributed by atoms with E-state index in [2.05, 4.69) is 4.74 Å². The number of aliphatic hydroxyl groups excluding tert-OH is 1. The predicted octanol–water partition coefficient (Wildman–Crippen LogP) is -2.07. The highest BCUT2D eigenvalue weighted by atomic mass is 16.6.